The predicted molar refractivity (Wildman–Crippen MR) is 51.8 cm³/mol. The first kappa shape index (κ1) is 8.23. The molecule has 0 fully saturated rings. The van der Waals surface area contributed by atoms with Crippen LogP contribution < -0.4 is 0 Å². The SMILES string of the molecule is Cc1nc(C(C)C)n2ncccc12. The average Bonchev–Trinajstić information content (AvgIpc) is 2.45. The Morgan fingerprint density at radius 1 is 1.38 bits per heavy atom. The van der Waals surface area contributed by atoms with Gasteiger partial charge in [0.15, 0.2) is 0 Å². The van der Waals surface area contributed by atoms with Crippen molar-refractivity contribution in [1.29, 1.82) is 0 Å². The second-order valence-electron chi connectivity index (χ2n) is 3.53. The second kappa shape index (κ2) is 2.83. The van der Waals surface area contributed by atoms with Crippen molar-refractivity contribution in [3.63, 3.8) is 0 Å². The molecule has 0 radical (unpaired) electrons. The number of nitrogens with zero attached hydrogens (tertiary/aromatic N) is 3. The van der Waals surface area contributed by atoms with Gasteiger partial charge in [-0.3, -0.25) is 0 Å². The zero-order valence-electron chi connectivity index (χ0n) is 8.15. The van der Waals surface area contributed by atoms with E-state index in [0.29, 0.717) is 5.92 Å². The molecule has 13 heavy (non-hydrogen) atoms. The molecule has 0 aromatic carbocycles. The summed E-state index contributed by atoms with van der Waals surface area (Å²) in [4.78, 5) is 4.49. The largest absolute Gasteiger partial charge is 0.236 e. The van der Waals surface area contributed by atoms with Crippen molar-refractivity contribution < 1.29 is 0 Å². The van der Waals surface area contributed by atoms with Gasteiger partial charge in [-0.25, -0.2) is 9.50 Å². The minimum absolute atomic E-state index is 0.413. The molecule has 0 saturated carbocycles. The molecule has 3 nitrogen and oxygen atoms in total. The highest BCUT2D eigenvalue weighted by Gasteiger charge is 2.10. The molecule has 2 rings (SSSR count). The van der Waals surface area contributed by atoms with Crippen molar-refractivity contribution in [2.24, 2.45) is 0 Å². The molecule has 0 spiro atoms. The highest BCUT2D eigenvalue weighted by Crippen LogP contribution is 2.16. The van der Waals surface area contributed by atoms with Gasteiger partial charge in [-0.15, -0.1) is 0 Å². The summed E-state index contributed by atoms with van der Waals surface area (Å²) in [5.41, 5.74) is 2.16. The van der Waals surface area contributed by atoms with Gasteiger partial charge in [-0.1, -0.05) is 13.8 Å². The van der Waals surface area contributed by atoms with E-state index < -0.39 is 0 Å². The van der Waals surface area contributed by atoms with Crippen LogP contribution in [0.5, 0.6) is 0 Å². The smallest absolute Gasteiger partial charge is 0.133 e. The lowest BCUT2D eigenvalue weighted by Crippen LogP contribution is -1.99. The molecular weight excluding hydrogens is 162 g/mol. The second-order valence-corrected chi connectivity index (χ2v) is 3.53. The molecule has 0 atom stereocenters. The fraction of sp³-hybridized carbons (Fsp3) is 0.400. The van der Waals surface area contributed by atoms with E-state index in [9.17, 15) is 0 Å². The van der Waals surface area contributed by atoms with Crippen LogP contribution in [0.15, 0.2) is 18.3 Å². The Balaban J connectivity index is 2.78. The Morgan fingerprint density at radius 2 is 2.15 bits per heavy atom. The summed E-state index contributed by atoms with van der Waals surface area (Å²) in [5, 5.41) is 4.28. The van der Waals surface area contributed by atoms with E-state index >= 15 is 0 Å². The van der Waals surface area contributed by atoms with Gasteiger partial charge in [0.05, 0.1) is 11.2 Å². The minimum Gasteiger partial charge on any atom is -0.236 e. The van der Waals surface area contributed by atoms with Gasteiger partial charge >= 0.3 is 0 Å². The van der Waals surface area contributed by atoms with E-state index in [0.717, 1.165) is 17.0 Å². The van der Waals surface area contributed by atoms with Crippen LogP contribution in [0.2, 0.25) is 0 Å². The zero-order chi connectivity index (χ0) is 9.42. The molecule has 0 aliphatic heterocycles. The van der Waals surface area contributed by atoms with Crippen molar-refractivity contribution in [2.45, 2.75) is 26.7 Å². The van der Waals surface area contributed by atoms with Crippen LogP contribution in [0, 0.1) is 6.92 Å². The summed E-state index contributed by atoms with van der Waals surface area (Å²) in [6.07, 6.45) is 1.79. The summed E-state index contributed by atoms with van der Waals surface area (Å²) < 4.78 is 1.92. The quantitative estimate of drug-likeness (QED) is 0.664. The third kappa shape index (κ3) is 1.20. The van der Waals surface area contributed by atoms with E-state index in [1.165, 1.54) is 0 Å². The normalized spacial score (nSPS) is 11.4. The van der Waals surface area contributed by atoms with E-state index in [2.05, 4.69) is 23.9 Å². The topological polar surface area (TPSA) is 30.2 Å². The molecule has 2 heterocycles. The lowest BCUT2D eigenvalue weighted by atomic mass is 10.2. The van der Waals surface area contributed by atoms with Gasteiger partial charge in [-0.05, 0) is 19.1 Å². The summed E-state index contributed by atoms with van der Waals surface area (Å²) in [5.74, 6) is 1.45. The standard InChI is InChI=1S/C10H13N3/c1-7(2)10-12-8(3)9-5-4-6-11-13(9)10/h4-7H,1-3H3. The first-order valence-electron chi connectivity index (χ1n) is 4.50. The lowest BCUT2D eigenvalue weighted by molar-refractivity contribution is 0.725. The number of fused-ring (bicyclic) bond motifs is 1. The average molecular weight is 175 g/mol. The fourth-order valence-electron chi connectivity index (χ4n) is 1.48. The highest BCUT2D eigenvalue weighted by atomic mass is 15.3. The van der Waals surface area contributed by atoms with Crippen LogP contribution in [0.25, 0.3) is 5.52 Å². The van der Waals surface area contributed by atoms with Crippen LogP contribution >= 0.6 is 0 Å². The number of imidazole rings is 1. The van der Waals surface area contributed by atoms with E-state index in [4.69, 9.17) is 0 Å². The maximum absolute atomic E-state index is 4.49. The molecule has 2 aromatic rings. The molecule has 0 aliphatic rings. The van der Waals surface area contributed by atoms with Crippen molar-refractivity contribution >= 4 is 5.52 Å². The molecule has 0 saturated heterocycles. The molecule has 3 heteroatoms. The zero-order valence-corrected chi connectivity index (χ0v) is 8.15. The van der Waals surface area contributed by atoms with Crippen LogP contribution in [-0.2, 0) is 0 Å². The molecule has 0 amide bonds. The number of aromatic nitrogens is 3. The number of rotatable bonds is 1. The monoisotopic (exact) mass is 175 g/mol. The van der Waals surface area contributed by atoms with Crippen LogP contribution in [0.4, 0.5) is 0 Å². The third-order valence-electron chi connectivity index (χ3n) is 2.14. The summed E-state index contributed by atoms with van der Waals surface area (Å²) in [7, 11) is 0. The Labute approximate surface area is 77.4 Å². The Hall–Kier alpha value is -1.38. The molecule has 68 valence electrons. The van der Waals surface area contributed by atoms with Crippen LogP contribution in [0.1, 0.15) is 31.3 Å². The Bertz CT molecular complexity index is 429. The highest BCUT2D eigenvalue weighted by molar-refractivity contribution is 5.51. The van der Waals surface area contributed by atoms with E-state index in [1.807, 2.05) is 23.6 Å². The predicted octanol–water partition coefficient (Wildman–Crippen LogP) is 2.16. The lowest BCUT2D eigenvalue weighted by Gasteiger charge is -2.01. The third-order valence-corrected chi connectivity index (χ3v) is 2.14. The van der Waals surface area contributed by atoms with Crippen molar-refractivity contribution in [3.8, 4) is 0 Å². The van der Waals surface area contributed by atoms with Crippen molar-refractivity contribution in [1.82, 2.24) is 14.6 Å². The van der Waals surface area contributed by atoms with Crippen LogP contribution in [0.3, 0.4) is 0 Å². The molecule has 0 N–H and O–H groups in total. The van der Waals surface area contributed by atoms with Gasteiger partial charge < -0.3 is 0 Å². The Morgan fingerprint density at radius 3 is 2.85 bits per heavy atom. The molecule has 0 unspecified atom stereocenters. The summed E-state index contributed by atoms with van der Waals surface area (Å²) in [6, 6.07) is 3.98. The van der Waals surface area contributed by atoms with Crippen LogP contribution in [-0.4, -0.2) is 14.6 Å². The molecular formula is C10H13N3. The van der Waals surface area contributed by atoms with Gasteiger partial charge in [0.1, 0.15) is 5.82 Å². The van der Waals surface area contributed by atoms with E-state index in [1.54, 1.807) is 6.20 Å². The van der Waals surface area contributed by atoms with E-state index in [-0.39, 0.29) is 0 Å². The minimum atomic E-state index is 0.413. The first-order chi connectivity index (χ1) is 6.20. The van der Waals surface area contributed by atoms with Gasteiger partial charge in [0.25, 0.3) is 0 Å². The van der Waals surface area contributed by atoms with Crippen molar-refractivity contribution in [3.05, 3.63) is 29.8 Å². The number of hydrogen-bond donors (Lipinski definition) is 0. The molecule has 0 bridgehead atoms. The molecule has 2 aromatic heterocycles. The van der Waals surface area contributed by atoms with Gasteiger partial charge in [0.2, 0.25) is 0 Å². The maximum Gasteiger partial charge on any atom is 0.133 e. The van der Waals surface area contributed by atoms with Crippen molar-refractivity contribution in [2.75, 3.05) is 0 Å². The number of aryl methyl sites for hydroxylation is 1. The summed E-state index contributed by atoms with van der Waals surface area (Å²) in [6.45, 7) is 6.27. The number of hydrogen-bond acceptors (Lipinski definition) is 2. The van der Waals surface area contributed by atoms with Gasteiger partial charge in [-0.2, -0.15) is 5.10 Å². The first-order valence-corrected chi connectivity index (χ1v) is 4.50. The van der Waals surface area contributed by atoms with Gasteiger partial charge in [0, 0.05) is 12.1 Å². The molecule has 0 aliphatic carbocycles. The summed E-state index contributed by atoms with van der Waals surface area (Å²) >= 11 is 0. The maximum atomic E-state index is 4.49. The fourth-order valence-corrected chi connectivity index (χ4v) is 1.48. The Kier molecular flexibility index (Phi) is 1.79.